The van der Waals surface area contributed by atoms with Crippen molar-refractivity contribution in [3.8, 4) is 0 Å². The molecule has 2 heterocycles. The van der Waals surface area contributed by atoms with E-state index in [0.717, 1.165) is 37.9 Å². The maximum atomic E-state index is 12.9. The van der Waals surface area contributed by atoms with Crippen molar-refractivity contribution in [2.24, 2.45) is 5.92 Å². The lowest BCUT2D eigenvalue weighted by Crippen LogP contribution is -2.48. The van der Waals surface area contributed by atoms with Gasteiger partial charge in [-0.2, -0.15) is 0 Å². The molecule has 152 valence electrons. The van der Waals surface area contributed by atoms with Crippen LogP contribution in [0.2, 0.25) is 0 Å². The summed E-state index contributed by atoms with van der Waals surface area (Å²) in [7, 11) is 0. The predicted octanol–water partition coefficient (Wildman–Crippen LogP) is 4.72. The minimum Gasteiger partial charge on any atom is -0.371 e. The van der Waals surface area contributed by atoms with Crippen molar-refractivity contribution in [3.05, 3.63) is 65.7 Å². The third-order valence-corrected chi connectivity index (χ3v) is 6.91. The summed E-state index contributed by atoms with van der Waals surface area (Å²) in [5.74, 6) is 0.465. The van der Waals surface area contributed by atoms with Gasteiger partial charge in [0.05, 0.1) is 12.2 Å². The maximum Gasteiger partial charge on any atom is 0.251 e. The fraction of sp³-hybridized carbons (Fsp3) is 0.480. The molecule has 0 radical (unpaired) electrons. The Morgan fingerprint density at radius 1 is 0.931 bits per heavy atom. The molecule has 3 fully saturated rings. The van der Waals surface area contributed by atoms with Crippen LogP contribution in [0.1, 0.15) is 60.6 Å². The van der Waals surface area contributed by atoms with Gasteiger partial charge in [0, 0.05) is 41.9 Å². The zero-order valence-corrected chi connectivity index (χ0v) is 16.9. The number of rotatable bonds is 4. The number of amides is 1. The third-order valence-electron chi connectivity index (χ3n) is 6.91. The van der Waals surface area contributed by atoms with E-state index in [0.29, 0.717) is 5.92 Å². The Balaban J connectivity index is 1.39. The molecule has 1 N–H and O–H groups in total. The lowest BCUT2D eigenvalue weighted by molar-refractivity contribution is -0.0844. The van der Waals surface area contributed by atoms with Gasteiger partial charge in [-0.25, -0.2) is 0 Å². The summed E-state index contributed by atoms with van der Waals surface area (Å²) < 4.78 is 6.64. The van der Waals surface area contributed by atoms with Crippen molar-refractivity contribution in [2.45, 2.75) is 56.8 Å². The Kier molecular flexibility index (Phi) is 5.28. The van der Waals surface area contributed by atoms with Crippen LogP contribution in [0.3, 0.4) is 0 Å². The van der Waals surface area contributed by atoms with Crippen LogP contribution in [-0.2, 0) is 4.74 Å². The van der Waals surface area contributed by atoms with Crippen molar-refractivity contribution in [2.75, 3.05) is 18.0 Å². The van der Waals surface area contributed by atoms with Gasteiger partial charge in [0.2, 0.25) is 0 Å². The number of para-hydroxylation sites is 1. The van der Waals surface area contributed by atoms with Gasteiger partial charge in [-0.05, 0) is 50.3 Å². The molecule has 2 aromatic carbocycles. The minimum atomic E-state index is 0.0368. The van der Waals surface area contributed by atoms with E-state index in [1.807, 2.05) is 30.3 Å². The van der Waals surface area contributed by atoms with Crippen molar-refractivity contribution >= 4 is 11.6 Å². The van der Waals surface area contributed by atoms with E-state index >= 15 is 0 Å². The average Bonchev–Trinajstić information content (AvgIpc) is 3.46. The van der Waals surface area contributed by atoms with Gasteiger partial charge in [-0.1, -0.05) is 42.8 Å². The van der Waals surface area contributed by atoms with E-state index < -0.39 is 0 Å². The highest BCUT2D eigenvalue weighted by molar-refractivity contribution is 5.94. The first-order valence-corrected chi connectivity index (χ1v) is 11.1. The van der Waals surface area contributed by atoms with Crippen LogP contribution in [0.25, 0.3) is 0 Å². The van der Waals surface area contributed by atoms with E-state index in [1.54, 1.807) is 0 Å². The van der Waals surface area contributed by atoms with Gasteiger partial charge in [0.1, 0.15) is 0 Å². The molecular weight excluding hydrogens is 360 g/mol. The third kappa shape index (κ3) is 3.78. The van der Waals surface area contributed by atoms with Gasteiger partial charge in [0.15, 0.2) is 0 Å². The highest BCUT2D eigenvalue weighted by atomic mass is 16.5. The average molecular weight is 391 g/mol. The molecule has 2 saturated heterocycles. The molecular formula is C25H30N2O2. The van der Waals surface area contributed by atoms with Crippen molar-refractivity contribution in [1.82, 2.24) is 5.32 Å². The maximum absolute atomic E-state index is 12.9. The highest BCUT2D eigenvalue weighted by Gasteiger charge is 2.43. The monoisotopic (exact) mass is 390 g/mol. The van der Waals surface area contributed by atoms with Crippen LogP contribution in [0.15, 0.2) is 54.6 Å². The molecule has 2 aliphatic heterocycles. The summed E-state index contributed by atoms with van der Waals surface area (Å²) >= 11 is 0. The van der Waals surface area contributed by atoms with Gasteiger partial charge in [-0.3, -0.25) is 4.79 Å². The lowest BCUT2D eigenvalue weighted by Gasteiger charge is -2.40. The molecule has 2 aromatic rings. The molecule has 3 aliphatic rings. The van der Waals surface area contributed by atoms with Crippen molar-refractivity contribution in [1.29, 1.82) is 0 Å². The molecule has 0 bridgehead atoms. The van der Waals surface area contributed by atoms with Crippen LogP contribution < -0.4 is 10.2 Å². The van der Waals surface area contributed by atoms with Crippen molar-refractivity contribution in [3.63, 3.8) is 0 Å². The van der Waals surface area contributed by atoms with E-state index in [4.69, 9.17) is 4.74 Å². The number of carbonyl (C=O) groups excluding carboxylic acids is 1. The van der Waals surface area contributed by atoms with Crippen LogP contribution >= 0.6 is 0 Å². The minimum absolute atomic E-state index is 0.0368. The highest BCUT2D eigenvalue weighted by Crippen LogP contribution is 2.44. The first-order valence-electron chi connectivity index (χ1n) is 11.1. The lowest BCUT2D eigenvalue weighted by atomic mass is 9.85. The number of nitrogens with one attached hydrogen (secondary N) is 1. The van der Waals surface area contributed by atoms with Crippen molar-refractivity contribution < 1.29 is 9.53 Å². The molecule has 4 atom stereocenters. The number of nitrogens with zero attached hydrogens (tertiary/aromatic N) is 1. The fourth-order valence-electron chi connectivity index (χ4n) is 5.47. The topological polar surface area (TPSA) is 41.6 Å². The SMILES string of the molecule is O=C(N[C@@H]1C[C@H](c2ccccc2N2CCCC2)O[C@@H]2CCC[C@@H]12)c1ccccc1. The summed E-state index contributed by atoms with van der Waals surface area (Å²) in [6.45, 7) is 2.26. The molecule has 4 heteroatoms. The zero-order chi connectivity index (χ0) is 19.6. The standard InChI is InChI=1S/C25H30N2O2/c28-25(18-9-2-1-3-10-18)26-21-17-24(29-23-14-8-12-19(21)23)20-11-4-5-13-22(20)27-15-6-7-16-27/h1-5,9-11,13,19,21,23-24H,6-8,12,14-17H2,(H,26,28)/t19-,21+,23+,24+/m0/s1. The number of anilines is 1. The smallest absolute Gasteiger partial charge is 0.251 e. The molecule has 1 aliphatic carbocycles. The molecule has 0 spiro atoms. The first kappa shape index (κ1) is 18.7. The Morgan fingerprint density at radius 2 is 1.69 bits per heavy atom. The van der Waals surface area contributed by atoms with Crippen LogP contribution in [0.4, 0.5) is 5.69 Å². The van der Waals surface area contributed by atoms with Gasteiger partial charge in [0.25, 0.3) is 5.91 Å². The molecule has 29 heavy (non-hydrogen) atoms. The molecule has 5 rings (SSSR count). The second-order valence-corrected chi connectivity index (χ2v) is 8.69. The first-order chi connectivity index (χ1) is 14.3. The van der Waals surface area contributed by atoms with Crippen LogP contribution in [-0.4, -0.2) is 31.1 Å². The summed E-state index contributed by atoms with van der Waals surface area (Å²) in [6, 6.07) is 18.5. The van der Waals surface area contributed by atoms with E-state index in [-0.39, 0.29) is 24.2 Å². The van der Waals surface area contributed by atoms with E-state index in [1.165, 1.54) is 30.5 Å². The van der Waals surface area contributed by atoms with E-state index in [9.17, 15) is 4.79 Å². The number of hydrogen-bond acceptors (Lipinski definition) is 3. The molecule has 4 nitrogen and oxygen atoms in total. The van der Waals surface area contributed by atoms with E-state index in [2.05, 4.69) is 34.5 Å². The van der Waals surface area contributed by atoms with Gasteiger partial charge >= 0.3 is 0 Å². The van der Waals surface area contributed by atoms with Crippen LogP contribution in [0, 0.1) is 5.92 Å². The number of hydrogen-bond donors (Lipinski definition) is 1. The molecule has 1 saturated carbocycles. The predicted molar refractivity (Wildman–Crippen MR) is 115 cm³/mol. The Labute approximate surface area is 173 Å². The zero-order valence-electron chi connectivity index (χ0n) is 16.9. The second kappa shape index (κ2) is 8.19. The Bertz CT molecular complexity index is 847. The normalized spacial score (nSPS) is 28.9. The Hall–Kier alpha value is -2.33. The van der Waals surface area contributed by atoms with Gasteiger partial charge < -0.3 is 15.0 Å². The summed E-state index contributed by atoms with van der Waals surface area (Å²) in [6.07, 6.45) is 7.11. The summed E-state index contributed by atoms with van der Waals surface area (Å²) in [5.41, 5.74) is 3.35. The summed E-state index contributed by atoms with van der Waals surface area (Å²) in [5, 5.41) is 3.36. The number of fused-ring (bicyclic) bond motifs is 1. The second-order valence-electron chi connectivity index (χ2n) is 8.69. The Morgan fingerprint density at radius 3 is 2.52 bits per heavy atom. The molecule has 0 unspecified atom stereocenters. The van der Waals surface area contributed by atoms with Crippen LogP contribution in [0.5, 0.6) is 0 Å². The number of ether oxygens (including phenoxy) is 1. The largest absolute Gasteiger partial charge is 0.371 e. The molecule has 0 aromatic heterocycles. The fourth-order valence-corrected chi connectivity index (χ4v) is 5.47. The number of carbonyl (C=O) groups is 1. The summed E-state index contributed by atoms with van der Waals surface area (Å²) in [4.78, 5) is 15.4. The number of benzene rings is 2. The molecule has 1 amide bonds. The quantitative estimate of drug-likeness (QED) is 0.822. The van der Waals surface area contributed by atoms with Gasteiger partial charge in [-0.15, -0.1) is 0 Å².